The predicted molar refractivity (Wildman–Crippen MR) is 66.9 cm³/mol. The van der Waals surface area contributed by atoms with Gasteiger partial charge in [-0.25, -0.2) is 4.79 Å². The van der Waals surface area contributed by atoms with Gasteiger partial charge in [-0.15, -0.1) is 0 Å². The molecule has 17 heavy (non-hydrogen) atoms. The lowest BCUT2D eigenvalue weighted by Gasteiger charge is -2.11. The lowest BCUT2D eigenvalue weighted by Crippen LogP contribution is -2.02. The van der Waals surface area contributed by atoms with E-state index in [1.54, 1.807) is 12.3 Å². The number of nitrogens with zero attached hydrogens (tertiary/aromatic N) is 1. The first-order valence-corrected chi connectivity index (χ1v) is 5.49. The van der Waals surface area contributed by atoms with Crippen molar-refractivity contribution in [1.82, 2.24) is 4.57 Å². The van der Waals surface area contributed by atoms with Gasteiger partial charge in [0.15, 0.2) is 0 Å². The van der Waals surface area contributed by atoms with Gasteiger partial charge in [0, 0.05) is 17.6 Å². The van der Waals surface area contributed by atoms with Gasteiger partial charge in [-0.05, 0) is 44.0 Å². The van der Waals surface area contributed by atoms with Gasteiger partial charge in [0.25, 0.3) is 0 Å². The number of rotatable bonds is 2. The lowest BCUT2D eigenvalue weighted by atomic mass is 10.1. The maximum Gasteiger partial charge on any atom is 0.337 e. The molecule has 2 aromatic rings. The molecule has 3 heteroatoms. The molecule has 0 aliphatic carbocycles. The van der Waals surface area contributed by atoms with E-state index >= 15 is 0 Å². The van der Waals surface area contributed by atoms with E-state index < -0.39 is 5.97 Å². The van der Waals surface area contributed by atoms with Gasteiger partial charge in [-0.3, -0.25) is 0 Å². The number of aryl methyl sites for hydroxylation is 2. The number of carbonyl (C=O) groups is 1. The van der Waals surface area contributed by atoms with Gasteiger partial charge in [0.2, 0.25) is 0 Å². The second-order valence-electron chi connectivity index (χ2n) is 4.28. The van der Waals surface area contributed by atoms with Crippen molar-refractivity contribution in [2.24, 2.45) is 0 Å². The number of carboxylic acids is 1. The van der Waals surface area contributed by atoms with Crippen LogP contribution in [0.15, 0.2) is 30.5 Å². The second kappa shape index (κ2) is 4.09. The van der Waals surface area contributed by atoms with Crippen LogP contribution >= 0.6 is 0 Å². The van der Waals surface area contributed by atoms with Crippen LogP contribution in [0.1, 0.15) is 27.2 Å². The summed E-state index contributed by atoms with van der Waals surface area (Å²) < 4.78 is 1.92. The smallest absolute Gasteiger partial charge is 0.337 e. The first-order valence-electron chi connectivity index (χ1n) is 5.49. The molecular formula is C14H15NO2. The fourth-order valence-electron chi connectivity index (χ4n) is 1.98. The normalized spacial score (nSPS) is 10.5. The second-order valence-corrected chi connectivity index (χ2v) is 4.28. The Labute approximate surface area is 100 Å². The summed E-state index contributed by atoms with van der Waals surface area (Å²) in [6, 6.07) is 7.80. The average Bonchev–Trinajstić information content (AvgIpc) is 2.64. The third kappa shape index (κ3) is 1.96. The molecular weight excluding hydrogens is 214 g/mol. The maximum atomic E-state index is 11.0. The molecule has 3 nitrogen and oxygen atoms in total. The van der Waals surface area contributed by atoms with Crippen LogP contribution in [-0.4, -0.2) is 15.6 Å². The number of carboxylic acid groups (broad SMARTS) is 1. The highest BCUT2D eigenvalue weighted by atomic mass is 16.4. The third-order valence-electron chi connectivity index (χ3n) is 3.00. The summed E-state index contributed by atoms with van der Waals surface area (Å²) in [6.45, 7) is 5.87. The third-order valence-corrected chi connectivity index (χ3v) is 3.00. The molecule has 0 radical (unpaired) electrons. The number of aromatic carboxylic acids is 1. The van der Waals surface area contributed by atoms with E-state index in [0.29, 0.717) is 5.56 Å². The highest BCUT2D eigenvalue weighted by Crippen LogP contribution is 2.20. The maximum absolute atomic E-state index is 11.0. The lowest BCUT2D eigenvalue weighted by molar-refractivity contribution is 0.0696. The van der Waals surface area contributed by atoms with Gasteiger partial charge < -0.3 is 9.67 Å². The van der Waals surface area contributed by atoms with E-state index in [4.69, 9.17) is 5.11 Å². The van der Waals surface area contributed by atoms with E-state index in [1.807, 2.05) is 31.4 Å². The Balaban J connectivity index is 2.61. The number of hydrogen-bond acceptors (Lipinski definition) is 1. The molecule has 0 saturated carbocycles. The Morgan fingerprint density at radius 3 is 2.47 bits per heavy atom. The molecule has 1 aromatic carbocycles. The summed E-state index contributed by atoms with van der Waals surface area (Å²) in [7, 11) is 0. The first-order chi connectivity index (χ1) is 8.00. The molecule has 0 bridgehead atoms. The summed E-state index contributed by atoms with van der Waals surface area (Å²) in [6.07, 6.45) is 1.81. The highest BCUT2D eigenvalue weighted by Gasteiger charge is 2.13. The molecule has 0 fully saturated rings. The average molecular weight is 229 g/mol. The Hall–Kier alpha value is -2.03. The Morgan fingerprint density at radius 2 is 1.88 bits per heavy atom. The van der Waals surface area contributed by atoms with Crippen molar-refractivity contribution in [3.8, 4) is 5.69 Å². The SMILES string of the molecule is Cc1ccc(C)c(-n2ccc(C(=O)O)c2C)c1. The van der Waals surface area contributed by atoms with Crippen LogP contribution in [0.3, 0.4) is 0 Å². The zero-order valence-corrected chi connectivity index (χ0v) is 10.2. The zero-order chi connectivity index (χ0) is 12.6. The minimum atomic E-state index is -0.883. The standard InChI is InChI=1S/C14H15NO2/c1-9-4-5-10(2)13(8-9)15-7-6-12(11(15)3)14(16)17/h4-8H,1-3H3,(H,16,17). The van der Waals surface area contributed by atoms with E-state index in [-0.39, 0.29) is 0 Å². The van der Waals surface area contributed by atoms with E-state index in [1.165, 1.54) is 0 Å². The largest absolute Gasteiger partial charge is 0.478 e. The fraction of sp³-hybridized carbons (Fsp3) is 0.214. The van der Waals surface area contributed by atoms with Crippen LogP contribution in [0.4, 0.5) is 0 Å². The van der Waals surface area contributed by atoms with Crippen LogP contribution in [0.25, 0.3) is 5.69 Å². The number of aromatic nitrogens is 1. The summed E-state index contributed by atoms with van der Waals surface area (Å²) >= 11 is 0. The number of hydrogen-bond donors (Lipinski definition) is 1. The van der Waals surface area contributed by atoms with Gasteiger partial charge in [-0.2, -0.15) is 0 Å². The molecule has 0 spiro atoms. The van der Waals surface area contributed by atoms with E-state index in [2.05, 4.69) is 12.1 Å². The van der Waals surface area contributed by atoms with Gasteiger partial charge in [0.1, 0.15) is 0 Å². The van der Waals surface area contributed by atoms with Crippen LogP contribution in [0.5, 0.6) is 0 Å². The molecule has 88 valence electrons. The molecule has 0 aliphatic rings. The fourth-order valence-corrected chi connectivity index (χ4v) is 1.98. The molecule has 0 saturated heterocycles. The van der Waals surface area contributed by atoms with Crippen LogP contribution in [0.2, 0.25) is 0 Å². The summed E-state index contributed by atoms with van der Waals surface area (Å²) in [5, 5.41) is 9.04. The topological polar surface area (TPSA) is 42.2 Å². The summed E-state index contributed by atoms with van der Waals surface area (Å²) in [5.41, 5.74) is 4.44. The van der Waals surface area contributed by atoms with Crippen molar-refractivity contribution in [3.63, 3.8) is 0 Å². The quantitative estimate of drug-likeness (QED) is 0.859. The molecule has 2 rings (SSSR count). The van der Waals surface area contributed by atoms with E-state index in [0.717, 1.165) is 22.5 Å². The molecule has 0 amide bonds. The first kappa shape index (κ1) is 11.5. The van der Waals surface area contributed by atoms with Crippen LogP contribution < -0.4 is 0 Å². The zero-order valence-electron chi connectivity index (χ0n) is 10.2. The Kier molecular flexibility index (Phi) is 2.76. The monoisotopic (exact) mass is 229 g/mol. The molecule has 1 heterocycles. The summed E-state index contributed by atoms with van der Waals surface area (Å²) in [4.78, 5) is 11.0. The minimum absolute atomic E-state index is 0.353. The summed E-state index contributed by atoms with van der Waals surface area (Å²) in [5.74, 6) is -0.883. The highest BCUT2D eigenvalue weighted by molar-refractivity contribution is 5.89. The molecule has 0 atom stereocenters. The molecule has 1 N–H and O–H groups in total. The Bertz CT molecular complexity index is 582. The Morgan fingerprint density at radius 1 is 1.18 bits per heavy atom. The van der Waals surface area contributed by atoms with Gasteiger partial charge >= 0.3 is 5.97 Å². The van der Waals surface area contributed by atoms with Gasteiger partial charge in [0.05, 0.1) is 5.56 Å². The minimum Gasteiger partial charge on any atom is -0.478 e. The van der Waals surface area contributed by atoms with Crippen molar-refractivity contribution in [3.05, 3.63) is 52.8 Å². The van der Waals surface area contributed by atoms with Crippen molar-refractivity contribution >= 4 is 5.97 Å². The van der Waals surface area contributed by atoms with Crippen molar-refractivity contribution in [2.45, 2.75) is 20.8 Å². The predicted octanol–water partition coefficient (Wildman–Crippen LogP) is 3.10. The van der Waals surface area contributed by atoms with Crippen molar-refractivity contribution in [2.75, 3.05) is 0 Å². The number of benzene rings is 1. The molecule has 0 aliphatic heterocycles. The van der Waals surface area contributed by atoms with Crippen LogP contribution in [-0.2, 0) is 0 Å². The van der Waals surface area contributed by atoms with Gasteiger partial charge in [-0.1, -0.05) is 12.1 Å². The molecule has 0 unspecified atom stereocenters. The van der Waals surface area contributed by atoms with Crippen molar-refractivity contribution < 1.29 is 9.90 Å². The van der Waals surface area contributed by atoms with Crippen LogP contribution in [0, 0.1) is 20.8 Å². The van der Waals surface area contributed by atoms with Crippen molar-refractivity contribution in [1.29, 1.82) is 0 Å². The molecule has 1 aromatic heterocycles. The van der Waals surface area contributed by atoms with E-state index in [9.17, 15) is 4.79 Å².